The molecule has 0 bridgehead atoms. The Morgan fingerprint density at radius 2 is 2.00 bits per heavy atom. The number of carbonyl (C=O) groups is 1. The molecular weight excluding hydrogens is 365 g/mol. The number of sulfonamides is 1. The summed E-state index contributed by atoms with van der Waals surface area (Å²) < 4.78 is 39.7. The van der Waals surface area contributed by atoms with Crippen LogP contribution >= 0.6 is 15.9 Å². The third-order valence-corrected chi connectivity index (χ3v) is 5.82. The van der Waals surface area contributed by atoms with Gasteiger partial charge in [-0.3, -0.25) is 4.79 Å². The van der Waals surface area contributed by atoms with Crippen molar-refractivity contribution in [2.45, 2.75) is 11.3 Å². The van der Waals surface area contributed by atoms with Gasteiger partial charge in [0.1, 0.15) is 10.7 Å². The van der Waals surface area contributed by atoms with Crippen LogP contribution in [-0.4, -0.2) is 50.2 Å². The number of amides is 1. The molecule has 9 heteroatoms. The number of anilines is 1. The van der Waals surface area contributed by atoms with E-state index in [4.69, 9.17) is 5.73 Å². The van der Waals surface area contributed by atoms with E-state index in [1.54, 1.807) is 7.05 Å². The summed E-state index contributed by atoms with van der Waals surface area (Å²) in [4.78, 5) is 13.1. The fourth-order valence-electron chi connectivity index (χ4n) is 2.07. The van der Waals surface area contributed by atoms with Gasteiger partial charge in [-0.25, -0.2) is 12.8 Å². The van der Waals surface area contributed by atoms with E-state index in [1.807, 2.05) is 0 Å². The van der Waals surface area contributed by atoms with Crippen molar-refractivity contribution in [1.29, 1.82) is 0 Å². The normalized spacial score (nSPS) is 17.9. The van der Waals surface area contributed by atoms with Crippen LogP contribution in [0.5, 0.6) is 0 Å². The third-order valence-electron chi connectivity index (χ3n) is 3.31. The van der Waals surface area contributed by atoms with Crippen LogP contribution in [0.3, 0.4) is 0 Å². The van der Waals surface area contributed by atoms with E-state index in [0.717, 1.165) is 16.4 Å². The first-order chi connectivity index (χ1) is 9.73. The molecule has 6 nitrogen and oxygen atoms in total. The molecule has 21 heavy (non-hydrogen) atoms. The first-order valence-electron chi connectivity index (χ1n) is 6.22. The fourth-order valence-corrected chi connectivity index (χ4v) is 4.12. The number of benzene rings is 1. The van der Waals surface area contributed by atoms with Crippen LogP contribution in [0.2, 0.25) is 0 Å². The van der Waals surface area contributed by atoms with Gasteiger partial charge in [0.2, 0.25) is 15.9 Å². The molecule has 0 atom stereocenters. The molecule has 0 saturated carbocycles. The second kappa shape index (κ2) is 5.90. The van der Waals surface area contributed by atoms with Crippen LogP contribution < -0.4 is 5.73 Å². The van der Waals surface area contributed by atoms with Crippen molar-refractivity contribution in [3.05, 3.63) is 22.4 Å². The van der Waals surface area contributed by atoms with E-state index in [9.17, 15) is 17.6 Å². The number of hydrogen-bond acceptors (Lipinski definition) is 4. The molecule has 1 fully saturated rings. The second-order valence-corrected chi connectivity index (χ2v) is 7.57. The van der Waals surface area contributed by atoms with Crippen molar-refractivity contribution >= 4 is 37.5 Å². The lowest BCUT2D eigenvalue weighted by atomic mass is 10.3. The van der Waals surface area contributed by atoms with Gasteiger partial charge in [-0.05, 0) is 34.5 Å². The lowest BCUT2D eigenvalue weighted by Gasteiger charge is -2.20. The van der Waals surface area contributed by atoms with Crippen LogP contribution in [0.4, 0.5) is 10.1 Å². The Morgan fingerprint density at radius 1 is 1.33 bits per heavy atom. The number of hydrogen-bond donors (Lipinski definition) is 1. The highest BCUT2D eigenvalue weighted by Gasteiger charge is 2.31. The summed E-state index contributed by atoms with van der Waals surface area (Å²) >= 11 is 2.94. The lowest BCUT2D eigenvalue weighted by molar-refractivity contribution is -0.129. The summed E-state index contributed by atoms with van der Waals surface area (Å²) in [6.45, 7) is 0.466. The molecule has 1 aliphatic heterocycles. The summed E-state index contributed by atoms with van der Waals surface area (Å²) in [5, 5.41) is 0. The summed E-state index contributed by atoms with van der Waals surface area (Å²) in [5.41, 5.74) is 5.44. The maximum absolute atomic E-state index is 13.4. The molecule has 0 radical (unpaired) electrons. The van der Waals surface area contributed by atoms with Crippen molar-refractivity contribution in [3.8, 4) is 0 Å². The first-order valence-corrected chi connectivity index (χ1v) is 8.45. The molecule has 0 unspecified atom stereocenters. The van der Waals surface area contributed by atoms with Gasteiger partial charge in [-0.15, -0.1) is 0 Å². The largest absolute Gasteiger partial charge is 0.398 e. The van der Waals surface area contributed by atoms with Crippen molar-refractivity contribution < 1.29 is 17.6 Å². The highest BCUT2D eigenvalue weighted by Crippen LogP contribution is 2.29. The van der Waals surface area contributed by atoms with Crippen LogP contribution in [0, 0.1) is 5.82 Å². The summed E-state index contributed by atoms with van der Waals surface area (Å²) in [6, 6.07) is 2.07. The number of likely N-dealkylation sites (N-methyl/N-ethyl adjacent to an activating group) is 1. The number of halogens is 2. The molecule has 1 heterocycles. The Bertz CT molecular complexity index is 681. The van der Waals surface area contributed by atoms with Gasteiger partial charge < -0.3 is 10.6 Å². The SMILES string of the molecule is CN1CCCN(S(=O)(=O)c2cc(Br)c(F)cc2N)CC1=O. The number of carbonyl (C=O) groups excluding carboxylic acids is 1. The predicted octanol–water partition coefficient (Wildman–Crippen LogP) is 1.02. The van der Waals surface area contributed by atoms with Gasteiger partial charge in [-0.1, -0.05) is 0 Å². The van der Waals surface area contributed by atoms with Gasteiger partial charge in [0, 0.05) is 20.1 Å². The van der Waals surface area contributed by atoms with Crippen LogP contribution in [0.25, 0.3) is 0 Å². The van der Waals surface area contributed by atoms with Gasteiger partial charge in [0.15, 0.2) is 0 Å². The third kappa shape index (κ3) is 3.19. The minimum atomic E-state index is -3.95. The van der Waals surface area contributed by atoms with E-state index in [2.05, 4.69) is 15.9 Å². The molecule has 2 N–H and O–H groups in total. The van der Waals surface area contributed by atoms with Crippen molar-refractivity contribution in [3.63, 3.8) is 0 Å². The van der Waals surface area contributed by atoms with E-state index >= 15 is 0 Å². The molecule has 2 rings (SSSR count). The zero-order valence-corrected chi connectivity index (χ0v) is 13.7. The average molecular weight is 380 g/mol. The van der Waals surface area contributed by atoms with Gasteiger partial charge in [0.05, 0.1) is 16.7 Å². The van der Waals surface area contributed by atoms with Crippen molar-refractivity contribution in [1.82, 2.24) is 9.21 Å². The van der Waals surface area contributed by atoms with Gasteiger partial charge in [-0.2, -0.15) is 4.31 Å². The zero-order chi connectivity index (χ0) is 15.8. The Morgan fingerprint density at radius 3 is 2.67 bits per heavy atom. The molecular formula is C12H15BrFN3O3S. The topological polar surface area (TPSA) is 83.7 Å². The fraction of sp³-hybridized carbons (Fsp3) is 0.417. The minimum absolute atomic E-state index is 0.00791. The summed E-state index contributed by atoms with van der Waals surface area (Å²) in [6.07, 6.45) is 0.531. The van der Waals surface area contributed by atoms with E-state index in [0.29, 0.717) is 13.0 Å². The monoisotopic (exact) mass is 379 g/mol. The quantitative estimate of drug-likeness (QED) is 0.777. The number of nitrogens with two attached hydrogens (primary N) is 1. The van der Waals surface area contributed by atoms with Gasteiger partial charge >= 0.3 is 0 Å². The lowest BCUT2D eigenvalue weighted by Crippen LogP contribution is -2.38. The molecule has 1 aliphatic rings. The maximum Gasteiger partial charge on any atom is 0.245 e. The predicted molar refractivity (Wildman–Crippen MR) is 79.5 cm³/mol. The van der Waals surface area contributed by atoms with Crippen molar-refractivity contribution in [2.24, 2.45) is 0 Å². The van der Waals surface area contributed by atoms with E-state index in [1.165, 1.54) is 4.90 Å². The van der Waals surface area contributed by atoms with Crippen LogP contribution in [0.15, 0.2) is 21.5 Å². The number of rotatable bonds is 2. The van der Waals surface area contributed by atoms with E-state index < -0.39 is 15.8 Å². The first kappa shape index (κ1) is 16.2. The van der Waals surface area contributed by atoms with Gasteiger partial charge in [0.25, 0.3) is 0 Å². The Balaban J connectivity index is 2.42. The summed E-state index contributed by atoms with van der Waals surface area (Å²) in [5.74, 6) is -0.922. The molecule has 116 valence electrons. The highest BCUT2D eigenvalue weighted by atomic mass is 79.9. The second-order valence-electron chi connectivity index (χ2n) is 4.81. The number of nitrogen functional groups attached to an aromatic ring is 1. The molecule has 1 aromatic rings. The Kier molecular flexibility index (Phi) is 4.54. The summed E-state index contributed by atoms with van der Waals surface area (Å²) in [7, 11) is -2.32. The maximum atomic E-state index is 13.4. The van der Waals surface area contributed by atoms with Crippen LogP contribution in [0.1, 0.15) is 6.42 Å². The molecule has 0 spiro atoms. The Hall–Kier alpha value is -1.19. The molecule has 1 saturated heterocycles. The Labute approximate surface area is 130 Å². The number of nitrogens with zero attached hydrogens (tertiary/aromatic N) is 2. The van der Waals surface area contributed by atoms with E-state index in [-0.39, 0.29) is 34.1 Å². The molecule has 0 aromatic heterocycles. The highest BCUT2D eigenvalue weighted by molar-refractivity contribution is 9.10. The van der Waals surface area contributed by atoms with Crippen molar-refractivity contribution in [2.75, 3.05) is 32.4 Å². The molecule has 0 aliphatic carbocycles. The standard InChI is InChI=1S/C12H15BrFN3O3S/c1-16-3-2-4-17(7-12(16)18)21(19,20)11-5-8(13)9(14)6-10(11)15/h5-6H,2-4,7,15H2,1H3. The molecule has 1 aromatic carbocycles. The van der Waals surface area contributed by atoms with Crippen LogP contribution in [-0.2, 0) is 14.8 Å². The smallest absolute Gasteiger partial charge is 0.245 e. The zero-order valence-electron chi connectivity index (χ0n) is 11.3. The average Bonchev–Trinajstić information content (AvgIpc) is 2.57. The molecule has 1 amide bonds. The minimum Gasteiger partial charge on any atom is -0.398 e.